The molecule has 0 aliphatic heterocycles. The van der Waals surface area contributed by atoms with Crippen molar-refractivity contribution in [2.75, 3.05) is 11.4 Å². The number of hydrogen-bond acceptors (Lipinski definition) is 7. The highest BCUT2D eigenvalue weighted by Gasteiger charge is 2.21. The molecule has 0 unspecified atom stereocenters. The van der Waals surface area contributed by atoms with Crippen LogP contribution in [-0.4, -0.2) is 40.7 Å². The number of sulfonamides is 1. The second kappa shape index (κ2) is 7.13. The predicted molar refractivity (Wildman–Crippen MR) is 107 cm³/mol. The minimum atomic E-state index is -3.67. The molecule has 0 saturated heterocycles. The maximum atomic E-state index is 12.9. The van der Waals surface area contributed by atoms with Gasteiger partial charge in [0, 0.05) is 13.1 Å². The van der Waals surface area contributed by atoms with Crippen LogP contribution in [0.3, 0.4) is 0 Å². The first-order valence-electron chi connectivity index (χ1n) is 8.74. The van der Waals surface area contributed by atoms with Crippen molar-refractivity contribution >= 4 is 21.4 Å². The van der Waals surface area contributed by atoms with E-state index in [2.05, 4.69) is 20.6 Å². The van der Waals surface area contributed by atoms with E-state index in [1.54, 1.807) is 48.5 Å². The SMILES string of the molecule is Cc1ccc(S(=O)(=O)N(C)c2ccc(Oc3ccc4nnnn4n3)cc2)cc1C. The number of aromatic nitrogens is 5. The second-order valence-electron chi connectivity index (χ2n) is 6.51. The summed E-state index contributed by atoms with van der Waals surface area (Å²) in [6.07, 6.45) is 0. The Morgan fingerprint density at radius 1 is 0.966 bits per heavy atom. The lowest BCUT2D eigenvalue weighted by Gasteiger charge is -2.20. The third-order valence-corrected chi connectivity index (χ3v) is 6.39. The molecule has 0 radical (unpaired) electrons. The van der Waals surface area contributed by atoms with Crippen molar-refractivity contribution in [2.24, 2.45) is 0 Å². The van der Waals surface area contributed by atoms with Gasteiger partial charge in [-0.1, -0.05) is 6.07 Å². The van der Waals surface area contributed by atoms with Crippen molar-refractivity contribution in [1.29, 1.82) is 0 Å². The highest BCUT2D eigenvalue weighted by Crippen LogP contribution is 2.27. The first kappa shape index (κ1) is 18.8. The van der Waals surface area contributed by atoms with Gasteiger partial charge in [0.25, 0.3) is 10.0 Å². The van der Waals surface area contributed by atoms with E-state index in [0.29, 0.717) is 23.0 Å². The summed E-state index contributed by atoms with van der Waals surface area (Å²) in [4.78, 5) is 0.252. The summed E-state index contributed by atoms with van der Waals surface area (Å²) >= 11 is 0. The summed E-state index contributed by atoms with van der Waals surface area (Å²) in [5.41, 5.74) is 2.99. The molecule has 4 rings (SSSR count). The fraction of sp³-hybridized carbons (Fsp3) is 0.158. The fourth-order valence-corrected chi connectivity index (χ4v) is 3.99. The molecule has 0 atom stereocenters. The van der Waals surface area contributed by atoms with Crippen LogP contribution in [0.5, 0.6) is 11.6 Å². The van der Waals surface area contributed by atoms with E-state index >= 15 is 0 Å². The molecule has 0 spiro atoms. The van der Waals surface area contributed by atoms with E-state index in [1.165, 1.54) is 16.0 Å². The van der Waals surface area contributed by atoms with Gasteiger partial charge in [-0.3, -0.25) is 4.31 Å². The summed E-state index contributed by atoms with van der Waals surface area (Å²) in [6.45, 7) is 3.83. The molecule has 9 nitrogen and oxygen atoms in total. The monoisotopic (exact) mass is 410 g/mol. The molecule has 4 aromatic rings. The Labute approximate surface area is 167 Å². The highest BCUT2D eigenvalue weighted by atomic mass is 32.2. The Hall–Kier alpha value is -3.53. The van der Waals surface area contributed by atoms with E-state index in [9.17, 15) is 8.42 Å². The third kappa shape index (κ3) is 3.61. The zero-order chi connectivity index (χ0) is 20.6. The average Bonchev–Trinajstić information content (AvgIpc) is 3.18. The molecule has 2 aromatic heterocycles. The first-order valence-corrected chi connectivity index (χ1v) is 10.2. The van der Waals surface area contributed by atoms with E-state index in [0.717, 1.165) is 11.1 Å². The van der Waals surface area contributed by atoms with Crippen molar-refractivity contribution in [3.05, 3.63) is 65.7 Å². The van der Waals surface area contributed by atoms with Crippen LogP contribution in [0.2, 0.25) is 0 Å². The molecule has 0 aliphatic carbocycles. The Morgan fingerprint density at radius 2 is 1.72 bits per heavy atom. The van der Waals surface area contributed by atoms with Crippen LogP contribution < -0.4 is 9.04 Å². The molecule has 29 heavy (non-hydrogen) atoms. The fourth-order valence-electron chi connectivity index (χ4n) is 2.70. The Balaban J connectivity index is 1.55. The molecule has 0 aliphatic rings. The van der Waals surface area contributed by atoms with Gasteiger partial charge in [-0.2, -0.15) is 0 Å². The number of tetrazole rings is 1. The number of benzene rings is 2. The molecular formula is C19H18N6O3S. The number of ether oxygens (including phenoxy) is 1. The number of aryl methyl sites for hydroxylation is 2. The van der Waals surface area contributed by atoms with Gasteiger partial charge in [-0.05, 0) is 77.9 Å². The van der Waals surface area contributed by atoms with E-state index in [1.807, 2.05) is 19.9 Å². The van der Waals surface area contributed by atoms with Crippen molar-refractivity contribution in [3.8, 4) is 11.6 Å². The molecule has 0 N–H and O–H groups in total. The topological polar surface area (TPSA) is 103 Å². The standard InChI is InChI=1S/C19H18N6O3S/c1-13-4-9-17(12-14(13)2)29(26,27)24(3)15-5-7-16(8-6-15)28-19-11-10-18-20-22-23-25(18)21-19/h4-12H,1-3H3. The zero-order valence-electron chi connectivity index (χ0n) is 16.0. The molecule has 2 heterocycles. The minimum absolute atomic E-state index is 0.252. The number of anilines is 1. The predicted octanol–water partition coefficient (Wildman–Crippen LogP) is 2.75. The largest absolute Gasteiger partial charge is 0.438 e. The van der Waals surface area contributed by atoms with Gasteiger partial charge >= 0.3 is 0 Å². The van der Waals surface area contributed by atoms with Gasteiger partial charge in [0.05, 0.1) is 10.6 Å². The number of rotatable bonds is 5. The van der Waals surface area contributed by atoms with Gasteiger partial charge in [-0.15, -0.1) is 14.8 Å². The van der Waals surface area contributed by atoms with Crippen molar-refractivity contribution in [1.82, 2.24) is 25.3 Å². The Kier molecular flexibility index (Phi) is 4.63. The Morgan fingerprint density at radius 3 is 2.45 bits per heavy atom. The van der Waals surface area contributed by atoms with Crippen molar-refractivity contribution in [2.45, 2.75) is 18.7 Å². The van der Waals surface area contributed by atoms with Gasteiger partial charge in [0.2, 0.25) is 5.88 Å². The Bertz CT molecular complexity index is 1290. The summed E-state index contributed by atoms with van der Waals surface area (Å²) in [6, 6.07) is 15.1. The quantitative estimate of drug-likeness (QED) is 0.498. The van der Waals surface area contributed by atoms with E-state index in [-0.39, 0.29) is 4.90 Å². The lowest BCUT2D eigenvalue weighted by atomic mass is 10.1. The van der Waals surface area contributed by atoms with Crippen LogP contribution in [0, 0.1) is 13.8 Å². The number of fused-ring (bicyclic) bond motifs is 1. The minimum Gasteiger partial charge on any atom is -0.438 e. The molecule has 0 saturated carbocycles. The molecule has 0 amide bonds. The van der Waals surface area contributed by atoms with Crippen LogP contribution in [0.1, 0.15) is 11.1 Å². The summed E-state index contributed by atoms with van der Waals surface area (Å²) < 4.78 is 34.1. The molecule has 2 aromatic carbocycles. The van der Waals surface area contributed by atoms with Crippen LogP contribution in [-0.2, 0) is 10.0 Å². The lowest BCUT2D eigenvalue weighted by molar-refractivity contribution is 0.447. The average molecular weight is 410 g/mol. The van der Waals surface area contributed by atoms with Gasteiger partial charge in [-0.25, -0.2) is 8.42 Å². The zero-order valence-corrected chi connectivity index (χ0v) is 16.8. The normalized spacial score (nSPS) is 11.6. The van der Waals surface area contributed by atoms with Crippen LogP contribution in [0.25, 0.3) is 5.65 Å². The second-order valence-corrected chi connectivity index (χ2v) is 8.48. The number of hydrogen-bond donors (Lipinski definition) is 0. The highest BCUT2D eigenvalue weighted by molar-refractivity contribution is 7.92. The molecular weight excluding hydrogens is 392 g/mol. The van der Waals surface area contributed by atoms with Crippen molar-refractivity contribution in [3.63, 3.8) is 0 Å². The number of nitrogens with zero attached hydrogens (tertiary/aromatic N) is 6. The smallest absolute Gasteiger partial charge is 0.264 e. The lowest BCUT2D eigenvalue weighted by Crippen LogP contribution is -2.26. The summed E-state index contributed by atoms with van der Waals surface area (Å²) in [5, 5.41) is 15.1. The third-order valence-electron chi connectivity index (χ3n) is 4.60. The maximum absolute atomic E-state index is 12.9. The van der Waals surface area contributed by atoms with Gasteiger partial charge in [0.1, 0.15) is 5.75 Å². The van der Waals surface area contributed by atoms with Crippen LogP contribution in [0.4, 0.5) is 5.69 Å². The van der Waals surface area contributed by atoms with E-state index < -0.39 is 10.0 Å². The molecule has 0 fully saturated rings. The first-order chi connectivity index (χ1) is 13.8. The van der Waals surface area contributed by atoms with Crippen molar-refractivity contribution < 1.29 is 13.2 Å². The molecule has 0 bridgehead atoms. The summed E-state index contributed by atoms with van der Waals surface area (Å²) in [7, 11) is -2.14. The van der Waals surface area contributed by atoms with Crippen LogP contribution >= 0.6 is 0 Å². The van der Waals surface area contributed by atoms with Gasteiger partial charge < -0.3 is 4.74 Å². The maximum Gasteiger partial charge on any atom is 0.264 e. The molecule has 148 valence electrons. The molecule has 10 heteroatoms. The van der Waals surface area contributed by atoms with E-state index in [4.69, 9.17) is 4.74 Å². The van der Waals surface area contributed by atoms with Crippen LogP contribution in [0.15, 0.2) is 59.5 Å². The summed E-state index contributed by atoms with van der Waals surface area (Å²) in [5.74, 6) is 0.819. The van der Waals surface area contributed by atoms with Gasteiger partial charge in [0.15, 0.2) is 5.65 Å².